The van der Waals surface area contributed by atoms with Gasteiger partial charge in [0.25, 0.3) is 5.91 Å². The van der Waals surface area contributed by atoms with Gasteiger partial charge in [-0.15, -0.1) is 11.6 Å². The lowest BCUT2D eigenvalue weighted by Gasteiger charge is -2.09. The molecule has 4 nitrogen and oxygen atoms in total. The number of amides is 1. The number of alkyl halides is 1. The highest BCUT2D eigenvalue weighted by Crippen LogP contribution is 2.09. The van der Waals surface area contributed by atoms with Gasteiger partial charge in [-0.3, -0.25) is 9.59 Å². The second kappa shape index (κ2) is 6.35. The van der Waals surface area contributed by atoms with Crippen molar-refractivity contribution in [1.29, 1.82) is 0 Å². The summed E-state index contributed by atoms with van der Waals surface area (Å²) in [6, 6.07) is 3.99. The molecule has 0 aromatic heterocycles. The molecular weight excluding hydrogens is 261 g/mol. The van der Waals surface area contributed by atoms with E-state index in [1.54, 1.807) is 6.92 Å². The molecule has 18 heavy (non-hydrogen) atoms. The van der Waals surface area contributed by atoms with Crippen LogP contribution in [0.5, 0.6) is 0 Å². The van der Waals surface area contributed by atoms with E-state index in [0.29, 0.717) is 11.1 Å². The third kappa shape index (κ3) is 3.70. The molecule has 98 valence electrons. The second-order valence-corrected chi connectivity index (χ2v) is 4.19. The molecule has 1 amide bonds. The number of rotatable bonds is 4. The van der Waals surface area contributed by atoms with E-state index in [0.717, 1.165) is 0 Å². The highest BCUT2D eigenvalue weighted by molar-refractivity contribution is 6.30. The number of nitrogens with one attached hydrogen (secondary N) is 1. The standard InChI is InChI=1S/C12H13ClFNO3/c1-7-5-8(3-4-10(7)14)11(16)15-6-9(13)12(17)18-2/h3-5,9H,6H2,1-2H3,(H,15,16). The molecule has 0 radical (unpaired) electrons. The Labute approximate surface area is 109 Å². The summed E-state index contributed by atoms with van der Waals surface area (Å²) in [5.41, 5.74) is 0.681. The zero-order valence-electron chi connectivity index (χ0n) is 10.00. The normalized spacial score (nSPS) is 11.8. The molecule has 1 aromatic rings. The maximum atomic E-state index is 13.0. The van der Waals surface area contributed by atoms with E-state index >= 15 is 0 Å². The molecule has 0 aliphatic rings. The lowest BCUT2D eigenvalue weighted by Crippen LogP contribution is -2.34. The van der Waals surface area contributed by atoms with Crippen molar-refractivity contribution < 1.29 is 18.7 Å². The van der Waals surface area contributed by atoms with Crippen LogP contribution in [-0.4, -0.2) is 30.9 Å². The van der Waals surface area contributed by atoms with Crippen LogP contribution < -0.4 is 5.32 Å². The van der Waals surface area contributed by atoms with E-state index in [4.69, 9.17) is 11.6 Å². The first-order chi connectivity index (χ1) is 8.45. The zero-order valence-corrected chi connectivity index (χ0v) is 10.8. The van der Waals surface area contributed by atoms with Gasteiger partial charge in [0.1, 0.15) is 11.2 Å². The minimum Gasteiger partial charge on any atom is -0.468 e. The first-order valence-corrected chi connectivity index (χ1v) is 5.65. The molecular formula is C12H13ClFNO3. The Morgan fingerprint density at radius 3 is 2.72 bits per heavy atom. The highest BCUT2D eigenvalue weighted by atomic mass is 35.5. The van der Waals surface area contributed by atoms with Gasteiger partial charge in [-0.25, -0.2) is 4.39 Å². The molecule has 6 heteroatoms. The predicted molar refractivity (Wildman–Crippen MR) is 65.1 cm³/mol. The monoisotopic (exact) mass is 273 g/mol. The molecule has 1 rings (SSSR count). The number of halogens is 2. The van der Waals surface area contributed by atoms with Gasteiger partial charge in [0.2, 0.25) is 0 Å². The molecule has 1 atom stereocenters. The number of methoxy groups -OCH3 is 1. The van der Waals surface area contributed by atoms with E-state index < -0.39 is 17.3 Å². The lowest BCUT2D eigenvalue weighted by atomic mass is 10.1. The predicted octanol–water partition coefficient (Wildman–Crippen LogP) is 1.64. The van der Waals surface area contributed by atoms with Crippen LogP contribution in [0.15, 0.2) is 18.2 Å². The van der Waals surface area contributed by atoms with Gasteiger partial charge >= 0.3 is 5.97 Å². The summed E-state index contributed by atoms with van der Waals surface area (Å²) in [6.45, 7) is 1.51. The van der Waals surface area contributed by atoms with Crippen LogP contribution in [0.3, 0.4) is 0 Å². The number of aryl methyl sites for hydroxylation is 1. The molecule has 1 unspecified atom stereocenters. The fourth-order valence-electron chi connectivity index (χ4n) is 1.28. The Balaban J connectivity index is 2.60. The molecule has 0 saturated heterocycles. The third-order valence-corrected chi connectivity index (χ3v) is 2.65. The largest absolute Gasteiger partial charge is 0.468 e. The number of benzene rings is 1. The number of carbonyl (C=O) groups is 2. The number of hydrogen-bond donors (Lipinski definition) is 1. The van der Waals surface area contributed by atoms with Crippen molar-refractivity contribution in [2.75, 3.05) is 13.7 Å². The van der Waals surface area contributed by atoms with Crippen LogP contribution in [0.2, 0.25) is 0 Å². The third-order valence-electron chi connectivity index (χ3n) is 2.32. The number of carbonyl (C=O) groups excluding carboxylic acids is 2. The molecule has 0 saturated carbocycles. The number of esters is 1. The fraction of sp³-hybridized carbons (Fsp3) is 0.333. The fourth-order valence-corrected chi connectivity index (χ4v) is 1.45. The van der Waals surface area contributed by atoms with E-state index in [9.17, 15) is 14.0 Å². The van der Waals surface area contributed by atoms with Crippen LogP contribution >= 0.6 is 11.6 Å². The van der Waals surface area contributed by atoms with Gasteiger partial charge in [-0.05, 0) is 30.7 Å². The zero-order chi connectivity index (χ0) is 13.7. The average Bonchev–Trinajstić information content (AvgIpc) is 2.37. The molecule has 0 heterocycles. The summed E-state index contributed by atoms with van der Waals surface area (Å²) >= 11 is 5.67. The first kappa shape index (κ1) is 14.4. The van der Waals surface area contributed by atoms with Gasteiger partial charge in [0.05, 0.1) is 7.11 Å². The highest BCUT2D eigenvalue weighted by Gasteiger charge is 2.17. The average molecular weight is 274 g/mol. The van der Waals surface area contributed by atoms with Crippen molar-refractivity contribution in [3.05, 3.63) is 35.1 Å². The Hall–Kier alpha value is -1.62. The van der Waals surface area contributed by atoms with Gasteiger partial charge in [-0.1, -0.05) is 0 Å². The van der Waals surface area contributed by atoms with Gasteiger partial charge in [0, 0.05) is 12.1 Å². The maximum Gasteiger partial charge on any atom is 0.325 e. The quantitative estimate of drug-likeness (QED) is 0.670. The van der Waals surface area contributed by atoms with E-state index in [1.165, 1.54) is 25.3 Å². The summed E-state index contributed by atoms with van der Waals surface area (Å²) in [6.07, 6.45) is 0. The van der Waals surface area contributed by atoms with Crippen LogP contribution in [0, 0.1) is 12.7 Å². The second-order valence-electron chi connectivity index (χ2n) is 3.66. The number of ether oxygens (including phenoxy) is 1. The molecule has 0 spiro atoms. The van der Waals surface area contributed by atoms with Crippen molar-refractivity contribution in [3.63, 3.8) is 0 Å². The van der Waals surface area contributed by atoms with Crippen LogP contribution in [-0.2, 0) is 9.53 Å². The molecule has 1 N–H and O–H groups in total. The minimum absolute atomic E-state index is 0.0521. The lowest BCUT2D eigenvalue weighted by molar-refractivity contribution is -0.140. The maximum absolute atomic E-state index is 13.0. The Morgan fingerprint density at radius 2 is 2.17 bits per heavy atom. The number of hydrogen-bond acceptors (Lipinski definition) is 3. The van der Waals surface area contributed by atoms with Crippen molar-refractivity contribution in [2.24, 2.45) is 0 Å². The Bertz CT molecular complexity index is 465. The topological polar surface area (TPSA) is 55.4 Å². The molecule has 1 aromatic carbocycles. The van der Waals surface area contributed by atoms with Crippen molar-refractivity contribution in [3.8, 4) is 0 Å². The summed E-state index contributed by atoms with van der Waals surface area (Å²) < 4.78 is 17.4. The Morgan fingerprint density at radius 1 is 1.50 bits per heavy atom. The SMILES string of the molecule is COC(=O)C(Cl)CNC(=O)c1ccc(F)c(C)c1. The van der Waals surface area contributed by atoms with E-state index in [2.05, 4.69) is 10.1 Å². The van der Waals surface area contributed by atoms with Crippen molar-refractivity contribution >= 4 is 23.5 Å². The first-order valence-electron chi connectivity index (χ1n) is 5.22. The summed E-state index contributed by atoms with van der Waals surface area (Å²) in [4.78, 5) is 22.7. The minimum atomic E-state index is -0.944. The summed E-state index contributed by atoms with van der Waals surface area (Å²) in [7, 11) is 1.21. The van der Waals surface area contributed by atoms with Gasteiger partial charge in [-0.2, -0.15) is 0 Å². The van der Waals surface area contributed by atoms with Crippen molar-refractivity contribution in [2.45, 2.75) is 12.3 Å². The van der Waals surface area contributed by atoms with E-state index in [-0.39, 0.29) is 12.4 Å². The van der Waals surface area contributed by atoms with Gasteiger partial charge in [0.15, 0.2) is 0 Å². The molecule has 0 fully saturated rings. The van der Waals surface area contributed by atoms with E-state index in [1.807, 2.05) is 0 Å². The smallest absolute Gasteiger partial charge is 0.325 e. The molecule has 0 aliphatic heterocycles. The van der Waals surface area contributed by atoms with Crippen LogP contribution in [0.25, 0.3) is 0 Å². The van der Waals surface area contributed by atoms with Crippen molar-refractivity contribution in [1.82, 2.24) is 5.32 Å². The summed E-state index contributed by atoms with van der Waals surface area (Å²) in [5.74, 6) is -1.42. The molecule has 0 aliphatic carbocycles. The molecule has 0 bridgehead atoms. The summed E-state index contributed by atoms with van der Waals surface area (Å²) in [5, 5.41) is 1.52. The van der Waals surface area contributed by atoms with Crippen LogP contribution in [0.1, 0.15) is 15.9 Å². The van der Waals surface area contributed by atoms with Gasteiger partial charge < -0.3 is 10.1 Å². The Kier molecular flexibility index (Phi) is 5.09. The van der Waals surface area contributed by atoms with Crippen LogP contribution in [0.4, 0.5) is 4.39 Å².